The summed E-state index contributed by atoms with van der Waals surface area (Å²) >= 11 is 0. The normalized spacial score (nSPS) is 10.0. The first-order valence-electron chi connectivity index (χ1n) is 5.32. The van der Waals surface area contributed by atoms with Crippen molar-refractivity contribution in [3.8, 4) is 0 Å². The predicted octanol–water partition coefficient (Wildman–Crippen LogP) is 1.84. The Hall–Kier alpha value is -2.63. The van der Waals surface area contributed by atoms with Crippen molar-refractivity contribution in [2.45, 2.75) is 6.54 Å². The smallest absolute Gasteiger partial charge is 0.284 e. The van der Waals surface area contributed by atoms with E-state index in [0.717, 1.165) is 11.8 Å². The Labute approximate surface area is 103 Å². The molecule has 0 aliphatic carbocycles. The topological polar surface area (TPSA) is 82.1 Å². The molecule has 0 amide bonds. The van der Waals surface area contributed by atoms with Crippen LogP contribution in [0.2, 0.25) is 0 Å². The van der Waals surface area contributed by atoms with E-state index in [0.29, 0.717) is 11.3 Å². The van der Waals surface area contributed by atoms with Gasteiger partial charge in [0.05, 0.1) is 11.0 Å². The van der Waals surface area contributed by atoms with Gasteiger partial charge in [0.2, 0.25) is 0 Å². The van der Waals surface area contributed by atoms with Gasteiger partial charge in [-0.05, 0) is 5.56 Å². The van der Waals surface area contributed by atoms with Gasteiger partial charge in [-0.15, -0.1) is 0 Å². The van der Waals surface area contributed by atoms with Crippen molar-refractivity contribution in [2.75, 3.05) is 5.32 Å². The van der Waals surface area contributed by atoms with Gasteiger partial charge in [0.15, 0.2) is 0 Å². The van der Waals surface area contributed by atoms with Crippen LogP contribution in [0.4, 0.5) is 11.5 Å². The van der Waals surface area contributed by atoms with Gasteiger partial charge in [-0.1, -0.05) is 30.3 Å². The van der Waals surface area contributed by atoms with Crippen molar-refractivity contribution >= 4 is 11.5 Å². The Morgan fingerprint density at radius 3 is 2.61 bits per heavy atom. The first-order chi connectivity index (χ1) is 8.66. The number of nitrogens with one attached hydrogen (secondary N) is 1. The lowest BCUT2D eigenvalue weighted by Crippen LogP contribution is -2.30. The van der Waals surface area contributed by atoms with Crippen LogP contribution in [0.3, 0.4) is 0 Å². The maximum atomic E-state index is 11.4. The molecule has 0 radical (unpaired) electrons. The SMILES string of the molecule is O=[N+]([O-])c1cc[n+]([O-])c(NCc2ccccc2)c1. The highest BCUT2D eigenvalue weighted by molar-refractivity contribution is 5.40. The van der Waals surface area contributed by atoms with Crippen molar-refractivity contribution in [1.82, 2.24) is 0 Å². The van der Waals surface area contributed by atoms with E-state index in [4.69, 9.17) is 0 Å². The summed E-state index contributed by atoms with van der Waals surface area (Å²) in [4.78, 5) is 10.1. The maximum absolute atomic E-state index is 11.4. The second kappa shape index (κ2) is 5.13. The third kappa shape index (κ3) is 2.73. The molecule has 0 unspecified atom stereocenters. The molecule has 0 saturated heterocycles. The van der Waals surface area contributed by atoms with E-state index < -0.39 is 4.92 Å². The highest BCUT2D eigenvalue weighted by Crippen LogP contribution is 2.13. The van der Waals surface area contributed by atoms with E-state index in [-0.39, 0.29) is 11.5 Å². The molecule has 0 aliphatic rings. The lowest BCUT2D eigenvalue weighted by atomic mass is 10.2. The molecule has 0 aliphatic heterocycles. The van der Waals surface area contributed by atoms with Gasteiger partial charge in [0.25, 0.3) is 11.5 Å². The van der Waals surface area contributed by atoms with Crippen LogP contribution < -0.4 is 10.0 Å². The fraction of sp³-hybridized carbons (Fsp3) is 0.0833. The molecule has 6 heteroatoms. The molecule has 0 saturated carbocycles. The van der Waals surface area contributed by atoms with Crippen molar-refractivity contribution < 1.29 is 9.65 Å². The molecule has 92 valence electrons. The molecule has 6 nitrogen and oxygen atoms in total. The minimum absolute atomic E-state index is 0.113. The van der Waals surface area contributed by atoms with Crippen LogP contribution >= 0.6 is 0 Å². The summed E-state index contributed by atoms with van der Waals surface area (Å²) in [7, 11) is 0. The molecule has 18 heavy (non-hydrogen) atoms. The highest BCUT2D eigenvalue weighted by Gasteiger charge is 2.12. The minimum Gasteiger partial charge on any atom is -0.711 e. The zero-order chi connectivity index (χ0) is 13.0. The molecular formula is C12H11N3O3. The minimum atomic E-state index is -0.534. The Bertz CT molecular complexity index is 558. The summed E-state index contributed by atoms with van der Waals surface area (Å²) in [5, 5.41) is 24.9. The highest BCUT2D eigenvalue weighted by atomic mass is 16.6. The van der Waals surface area contributed by atoms with Crippen LogP contribution in [0, 0.1) is 15.3 Å². The van der Waals surface area contributed by atoms with E-state index in [9.17, 15) is 15.3 Å². The number of pyridine rings is 1. The fourth-order valence-electron chi connectivity index (χ4n) is 1.51. The molecule has 0 fully saturated rings. The lowest BCUT2D eigenvalue weighted by molar-refractivity contribution is -0.591. The van der Waals surface area contributed by atoms with Gasteiger partial charge in [-0.25, -0.2) is 4.73 Å². The molecule has 0 spiro atoms. The Kier molecular flexibility index (Phi) is 3.38. The quantitative estimate of drug-likeness (QED) is 0.385. The summed E-state index contributed by atoms with van der Waals surface area (Å²) in [5.41, 5.74) is 0.877. The molecule has 1 aromatic carbocycles. The number of nitrogens with zero attached hydrogens (tertiary/aromatic N) is 2. The van der Waals surface area contributed by atoms with E-state index in [1.807, 2.05) is 30.3 Å². The lowest BCUT2D eigenvalue weighted by Gasteiger charge is -2.08. The number of rotatable bonds is 4. The summed E-state index contributed by atoms with van der Waals surface area (Å²) < 4.78 is 0.565. The van der Waals surface area contributed by atoms with Crippen LogP contribution in [0.1, 0.15) is 5.56 Å². The number of anilines is 1. The number of hydrogen-bond donors (Lipinski definition) is 1. The molecule has 0 atom stereocenters. The van der Waals surface area contributed by atoms with Crippen LogP contribution in [-0.4, -0.2) is 4.92 Å². The molecule has 1 heterocycles. The van der Waals surface area contributed by atoms with E-state index >= 15 is 0 Å². The van der Waals surface area contributed by atoms with E-state index in [2.05, 4.69) is 5.32 Å². The van der Waals surface area contributed by atoms with Gasteiger partial charge in [-0.3, -0.25) is 15.4 Å². The molecular weight excluding hydrogens is 234 g/mol. The summed E-state index contributed by atoms with van der Waals surface area (Å²) in [6, 6.07) is 11.9. The number of nitro groups is 1. The Morgan fingerprint density at radius 2 is 1.94 bits per heavy atom. The number of aromatic nitrogens is 1. The predicted molar refractivity (Wildman–Crippen MR) is 65.8 cm³/mol. The van der Waals surface area contributed by atoms with Gasteiger partial charge in [0, 0.05) is 0 Å². The summed E-state index contributed by atoms with van der Waals surface area (Å²) in [6.45, 7) is 0.435. The third-order valence-corrected chi connectivity index (χ3v) is 2.43. The number of benzene rings is 1. The van der Waals surface area contributed by atoms with E-state index in [1.165, 1.54) is 12.1 Å². The number of hydrogen-bond acceptors (Lipinski definition) is 4. The standard InChI is InChI=1S/C12H11N3O3/c16-14-7-6-11(15(17)18)8-12(14)13-9-10-4-2-1-3-5-10/h1-8,13H,9H2. The summed E-state index contributed by atoms with van der Waals surface area (Å²) in [5.74, 6) is 0.160. The van der Waals surface area contributed by atoms with Crippen LogP contribution in [0.25, 0.3) is 0 Å². The first-order valence-corrected chi connectivity index (χ1v) is 5.32. The van der Waals surface area contributed by atoms with Crippen LogP contribution in [-0.2, 0) is 6.54 Å². The van der Waals surface area contributed by atoms with Crippen LogP contribution in [0.5, 0.6) is 0 Å². The average Bonchev–Trinajstić information content (AvgIpc) is 2.38. The second-order valence-corrected chi connectivity index (χ2v) is 3.69. The molecule has 2 rings (SSSR count). The van der Waals surface area contributed by atoms with Crippen LogP contribution in [0.15, 0.2) is 48.7 Å². The zero-order valence-corrected chi connectivity index (χ0v) is 9.45. The maximum Gasteiger partial charge on any atom is 0.284 e. The second-order valence-electron chi connectivity index (χ2n) is 3.69. The van der Waals surface area contributed by atoms with Crippen molar-refractivity contribution in [1.29, 1.82) is 0 Å². The van der Waals surface area contributed by atoms with Gasteiger partial charge < -0.3 is 5.21 Å². The zero-order valence-electron chi connectivity index (χ0n) is 9.45. The van der Waals surface area contributed by atoms with Crippen molar-refractivity contribution in [3.05, 3.63) is 69.5 Å². The molecule has 1 aromatic heterocycles. The van der Waals surface area contributed by atoms with Gasteiger partial charge in [0.1, 0.15) is 18.8 Å². The molecule has 2 aromatic rings. The van der Waals surface area contributed by atoms with Crippen molar-refractivity contribution in [3.63, 3.8) is 0 Å². The average molecular weight is 245 g/mol. The summed E-state index contributed by atoms with van der Waals surface area (Å²) in [6.07, 6.45) is 1.12. The monoisotopic (exact) mass is 245 g/mol. The van der Waals surface area contributed by atoms with Gasteiger partial charge in [-0.2, -0.15) is 0 Å². The van der Waals surface area contributed by atoms with Crippen molar-refractivity contribution in [2.24, 2.45) is 0 Å². The first kappa shape index (κ1) is 11.8. The molecule has 0 bridgehead atoms. The Morgan fingerprint density at radius 1 is 1.22 bits per heavy atom. The largest absolute Gasteiger partial charge is 0.711 e. The fourth-order valence-corrected chi connectivity index (χ4v) is 1.51. The Balaban J connectivity index is 2.14. The van der Waals surface area contributed by atoms with Gasteiger partial charge >= 0.3 is 0 Å². The van der Waals surface area contributed by atoms with E-state index in [1.54, 1.807) is 0 Å². The molecule has 1 N–H and O–H groups in total. The third-order valence-electron chi connectivity index (χ3n) is 2.43.